The van der Waals surface area contributed by atoms with Gasteiger partial charge in [0.1, 0.15) is 0 Å². The van der Waals surface area contributed by atoms with Gasteiger partial charge in [0.2, 0.25) is 0 Å². The summed E-state index contributed by atoms with van der Waals surface area (Å²) in [6.45, 7) is 13.1. The zero-order valence-corrected chi connectivity index (χ0v) is 26.7. The quantitative estimate of drug-likeness (QED) is 0.150. The van der Waals surface area contributed by atoms with Gasteiger partial charge in [-0.25, -0.2) is 0 Å². The molecule has 0 spiro atoms. The first-order chi connectivity index (χ1) is 20.6. The van der Waals surface area contributed by atoms with Crippen LogP contribution in [0.3, 0.4) is 0 Å². The molecule has 0 bridgehead atoms. The lowest BCUT2D eigenvalue weighted by Crippen LogP contribution is -2.11. The maximum Gasteiger partial charge on any atom is 0.197 e. The zero-order valence-electron chi connectivity index (χ0n) is 25.1. The van der Waals surface area contributed by atoms with Gasteiger partial charge in [-0.2, -0.15) is 0 Å². The Hall–Kier alpha value is -4.32. The van der Waals surface area contributed by atoms with E-state index in [4.69, 9.17) is 0 Å². The molecule has 1 aliphatic rings. The van der Waals surface area contributed by atoms with Crippen molar-refractivity contribution in [2.45, 2.75) is 41.5 Å². The average molecular weight is 598 g/mol. The summed E-state index contributed by atoms with van der Waals surface area (Å²) < 4.78 is 3.56. The van der Waals surface area contributed by atoms with E-state index >= 15 is 0 Å². The van der Waals surface area contributed by atoms with Crippen LogP contribution in [-0.4, -0.2) is 11.6 Å². The second-order valence-electron chi connectivity index (χ2n) is 11.6. The van der Waals surface area contributed by atoms with E-state index in [2.05, 4.69) is 95.0 Å². The molecular weight excluding hydrogens is 567 g/mol. The Kier molecular flexibility index (Phi) is 6.49. The van der Waals surface area contributed by atoms with E-state index in [1.165, 1.54) is 48.2 Å². The highest BCUT2D eigenvalue weighted by Gasteiger charge is 2.32. The SMILES string of the molecule is Cc1cc(N(c2cc(C)c(C)c(C)c2)c2ccc3c(c2)sc2cc(C=C4C(=O)c5ccccc5C4=O)sc23)cc(C)c1C. The van der Waals surface area contributed by atoms with Crippen molar-refractivity contribution < 1.29 is 9.59 Å². The van der Waals surface area contributed by atoms with Crippen LogP contribution in [0.2, 0.25) is 0 Å². The third-order valence-corrected chi connectivity index (χ3v) is 11.3. The van der Waals surface area contributed by atoms with E-state index in [0.717, 1.165) is 26.6 Å². The molecule has 5 heteroatoms. The number of allylic oxidation sites excluding steroid dienone is 1. The first-order valence-electron chi connectivity index (χ1n) is 14.4. The van der Waals surface area contributed by atoms with E-state index in [-0.39, 0.29) is 17.1 Å². The third-order valence-electron chi connectivity index (χ3n) is 8.94. The summed E-state index contributed by atoms with van der Waals surface area (Å²) in [6, 6.07) is 25.0. The fourth-order valence-electron chi connectivity index (χ4n) is 6.04. The fraction of sp³-hybridized carbons (Fsp3) is 0.158. The highest BCUT2D eigenvalue weighted by molar-refractivity contribution is 7.33. The summed E-state index contributed by atoms with van der Waals surface area (Å²) in [5.41, 5.74) is 12.4. The molecule has 0 saturated heterocycles. The molecular formula is C38H31NO2S2. The molecule has 0 amide bonds. The number of carbonyl (C=O) groups is 2. The summed E-state index contributed by atoms with van der Waals surface area (Å²) in [4.78, 5) is 29.2. The van der Waals surface area contributed by atoms with E-state index in [1.54, 1.807) is 53.0 Å². The number of carbonyl (C=O) groups excluding carboxylic acids is 2. The molecule has 212 valence electrons. The molecule has 3 nitrogen and oxygen atoms in total. The molecule has 6 aromatic rings. The number of nitrogens with zero attached hydrogens (tertiary/aromatic N) is 1. The number of fused-ring (bicyclic) bond motifs is 4. The van der Waals surface area contributed by atoms with Gasteiger partial charge in [-0.05, 0) is 123 Å². The molecule has 0 unspecified atom stereocenters. The number of aryl methyl sites for hydroxylation is 4. The van der Waals surface area contributed by atoms with Gasteiger partial charge in [-0.3, -0.25) is 9.59 Å². The predicted octanol–water partition coefficient (Wildman–Crippen LogP) is 10.9. The van der Waals surface area contributed by atoms with Gasteiger partial charge >= 0.3 is 0 Å². The number of hydrogen-bond acceptors (Lipinski definition) is 5. The lowest BCUT2D eigenvalue weighted by molar-refractivity contribution is 0.0990. The second-order valence-corrected chi connectivity index (χ2v) is 13.8. The van der Waals surface area contributed by atoms with Gasteiger partial charge in [-0.15, -0.1) is 22.7 Å². The van der Waals surface area contributed by atoms with Crippen LogP contribution in [0.1, 0.15) is 59.0 Å². The van der Waals surface area contributed by atoms with Gasteiger partial charge in [0.15, 0.2) is 11.6 Å². The summed E-state index contributed by atoms with van der Waals surface area (Å²) in [7, 11) is 0. The Balaban J connectivity index is 1.32. The molecule has 2 aromatic heterocycles. The average Bonchev–Trinajstić information content (AvgIpc) is 3.60. The van der Waals surface area contributed by atoms with Crippen molar-refractivity contribution in [3.63, 3.8) is 0 Å². The number of Topliss-reactive ketones (excluding diaryl/α,β-unsaturated/α-hetero) is 2. The first-order valence-corrected chi connectivity index (χ1v) is 16.1. The molecule has 1 aliphatic carbocycles. The molecule has 43 heavy (non-hydrogen) atoms. The second kappa shape index (κ2) is 10.1. The zero-order chi connectivity index (χ0) is 30.2. The molecule has 0 N–H and O–H groups in total. The van der Waals surface area contributed by atoms with Crippen LogP contribution < -0.4 is 4.90 Å². The number of hydrogen-bond donors (Lipinski definition) is 0. The molecule has 0 aliphatic heterocycles. The van der Waals surface area contributed by atoms with Crippen LogP contribution >= 0.6 is 22.7 Å². The van der Waals surface area contributed by atoms with Crippen molar-refractivity contribution in [2.24, 2.45) is 0 Å². The maximum absolute atomic E-state index is 12.9. The highest BCUT2D eigenvalue weighted by Crippen LogP contribution is 2.45. The third kappa shape index (κ3) is 4.46. The monoisotopic (exact) mass is 597 g/mol. The molecule has 7 rings (SSSR count). The normalized spacial score (nSPS) is 12.9. The van der Waals surface area contributed by atoms with Gasteiger partial charge in [0, 0.05) is 47.9 Å². The topological polar surface area (TPSA) is 37.4 Å². The van der Waals surface area contributed by atoms with Crippen molar-refractivity contribution in [1.82, 2.24) is 0 Å². The predicted molar refractivity (Wildman–Crippen MR) is 183 cm³/mol. The van der Waals surface area contributed by atoms with Gasteiger partial charge < -0.3 is 4.90 Å². The molecule has 0 atom stereocenters. The number of rotatable bonds is 4. The van der Waals surface area contributed by atoms with Gasteiger partial charge in [0.05, 0.1) is 10.3 Å². The molecule has 4 aromatic carbocycles. The van der Waals surface area contributed by atoms with Crippen molar-refractivity contribution in [1.29, 1.82) is 0 Å². The standard InChI is InChI=1S/C38H31NO2S2/c1-20-13-27(14-21(2)24(20)5)39(28-15-22(3)25(6)23(4)16-28)26-11-12-32-34(17-26)43-35-19-29(42-38(32)35)18-33-36(40)30-9-7-8-10-31(30)37(33)41/h7-19H,1-6H3. The van der Waals surface area contributed by atoms with E-state index in [0.29, 0.717) is 11.1 Å². The van der Waals surface area contributed by atoms with Crippen LogP contribution in [0.25, 0.3) is 25.6 Å². The molecule has 0 saturated carbocycles. The maximum atomic E-state index is 12.9. The number of anilines is 3. The summed E-state index contributed by atoms with van der Waals surface area (Å²) in [5, 5.41) is 1.19. The van der Waals surface area contributed by atoms with E-state index < -0.39 is 0 Å². The first kappa shape index (κ1) is 27.5. The smallest absolute Gasteiger partial charge is 0.197 e. The Labute approximate surface area is 259 Å². The van der Waals surface area contributed by atoms with Crippen molar-refractivity contribution in [3.05, 3.63) is 128 Å². The largest absolute Gasteiger partial charge is 0.310 e. The van der Waals surface area contributed by atoms with Crippen molar-refractivity contribution >= 4 is 76.9 Å². The Morgan fingerprint density at radius 1 is 0.581 bits per heavy atom. The minimum atomic E-state index is -0.185. The highest BCUT2D eigenvalue weighted by atomic mass is 32.1. The minimum Gasteiger partial charge on any atom is -0.310 e. The van der Waals surface area contributed by atoms with E-state index in [1.807, 2.05) is 0 Å². The minimum absolute atomic E-state index is 0.185. The van der Waals surface area contributed by atoms with Crippen LogP contribution in [0.5, 0.6) is 0 Å². The van der Waals surface area contributed by atoms with Crippen molar-refractivity contribution in [3.8, 4) is 0 Å². The van der Waals surface area contributed by atoms with Crippen LogP contribution in [0.15, 0.2) is 78.4 Å². The lowest BCUT2D eigenvalue weighted by Gasteiger charge is -2.28. The Bertz CT molecular complexity index is 2050. The summed E-state index contributed by atoms with van der Waals surface area (Å²) in [5.74, 6) is -0.370. The van der Waals surface area contributed by atoms with Crippen LogP contribution in [0, 0.1) is 41.5 Å². The lowest BCUT2D eigenvalue weighted by atomic mass is 10.00. The summed E-state index contributed by atoms with van der Waals surface area (Å²) in [6.07, 6.45) is 1.77. The fourth-order valence-corrected chi connectivity index (χ4v) is 8.56. The van der Waals surface area contributed by atoms with Crippen molar-refractivity contribution in [2.75, 3.05) is 4.90 Å². The summed E-state index contributed by atoms with van der Waals surface area (Å²) >= 11 is 3.39. The molecule has 0 fully saturated rings. The van der Waals surface area contributed by atoms with Gasteiger partial charge in [-0.1, -0.05) is 30.3 Å². The van der Waals surface area contributed by atoms with Crippen LogP contribution in [-0.2, 0) is 0 Å². The number of ketones is 2. The molecule has 2 heterocycles. The van der Waals surface area contributed by atoms with Crippen LogP contribution in [0.4, 0.5) is 17.1 Å². The number of thiophene rings is 2. The van der Waals surface area contributed by atoms with Gasteiger partial charge in [0.25, 0.3) is 0 Å². The Morgan fingerprint density at radius 2 is 1.12 bits per heavy atom. The molecule has 0 radical (unpaired) electrons. The Morgan fingerprint density at radius 3 is 1.65 bits per heavy atom. The van der Waals surface area contributed by atoms with E-state index in [9.17, 15) is 9.59 Å². The number of benzene rings is 4.